The van der Waals surface area contributed by atoms with Crippen LogP contribution in [0.4, 0.5) is 0 Å². The number of carboxylic acids is 1. The number of aliphatic carboxylic acids is 1. The monoisotopic (exact) mass is 187 g/mol. The zero-order valence-electron chi connectivity index (χ0n) is 6.15. The first-order valence-corrected chi connectivity index (χ1v) is 3.08. The van der Waals surface area contributed by atoms with Crippen molar-refractivity contribution in [1.29, 1.82) is 0 Å². The number of hydrogen-bond acceptors (Lipinski definition) is 2. The topological polar surface area (TPSA) is 63.3 Å². The standard InChI is InChI=1S/C6H13NO2.Fe/c1-3-4(2)5(7)6(8)9;/h4-5H,3,7H2,1-2H3,(H,8,9);. The quantitative estimate of drug-likeness (QED) is 0.630. The number of carbonyl (C=O) groups is 1. The van der Waals surface area contributed by atoms with E-state index in [2.05, 4.69) is 0 Å². The fourth-order valence-corrected chi connectivity index (χ4v) is 0.497. The van der Waals surface area contributed by atoms with Gasteiger partial charge in [-0.25, -0.2) is 0 Å². The predicted octanol–water partition coefficient (Wildman–Crippen LogP) is 0.442. The maximum atomic E-state index is 10.2. The summed E-state index contributed by atoms with van der Waals surface area (Å²) in [6, 6.07) is -0.699. The Morgan fingerprint density at radius 1 is 1.70 bits per heavy atom. The van der Waals surface area contributed by atoms with Gasteiger partial charge in [0, 0.05) is 17.1 Å². The molecule has 0 aromatic rings. The minimum Gasteiger partial charge on any atom is -0.480 e. The summed E-state index contributed by atoms with van der Waals surface area (Å²) in [7, 11) is 0. The van der Waals surface area contributed by atoms with Crippen LogP contribution in [0.2, 0.25) is 0 Å². The van der Waals surface area contributed by atoms with Crippen LogP contribution in [-0.2, 0) is 21.9 Å². The van der Waals surface area contributed by atoms with Crippen LogP contribution in [0.5, 0.6) is 0 Å². The summed E-state index contributed by atoms with van der Waals surface area (Å²) >= 11 is 0. The van der Waals surface area contributed by atoms with Crippen LogP contribution < -0.4 is 5.73 Å². The SMILES string of the molecule is CCC(C)C(N)C(=O)O.[Fe]. The Labute approximate surface area is 71.5 Å². The van der Waals surface area contributed by atoms with Gasteiger partial charge in [-0.3, -0.25) is 4.79 Å². The maximum absolute atomic E-state index is 10.2. The summed E-state index contributed by atoms with van der Waals surface area (Å²) < 4.78 is 0. The summed E-state index contributed by atoms with van der Waals surface area (Å²) in [5.41, 5.74) is 5.27. The molecule has 0 fully saturated rings. The zero-order chi connectivity index (χ0) is 7.44. The minimum atomic E-state index is -0.913. The number of carboxylic acid groups (broad SMARTS) is 1. The van der Waals surface area contributed by atoms with Crippen molar-refractivity contribution in [2.75, 3.05) is 0 Å². The van der Waals surface area contributed by atoms with Crippen LogP contribution in [0.25, 0.3) is 0 Å². The van der Waals surface area contributed by atoms with E-state index in [1.54, 1.807) is 0 Å². The van der Waals surface area contributed by atoms with Gasteiger partial charge in [-0.2, -0.15) is 0 Å². The minimum absolute atomic E-state index is 0. The molecule has 0 aliphatic heterocycles. The molecule has 3 nitrogen and oxygen atoms in total. The van der Waals surface area contributed by atoms with Gasteiger partial charge in [-0.1, -0.05) is 20.3 Å². The van der Waals surface area contributed by atoms with E-state index in [1.807, 2.05) is 13.8 Å². The summed E-state index contributed by atoms with van der Waals surface area (Å²) in [5.74, 6) is -0.841. The van der Waals surface area contributed by atoms with Crippen molar-refractivity contribution < 1.29 is 27.0 Å². The third-order valence-corrected chi connectivity index (χ3v) is 1.54. The van der Waals surface area contributed by atoms with E-state index in [0.717, 1.165) is 6.42 Å². The van der Waals surface area contributed by atoms with Gasteiger partial charge < -0.3 is 10.8 Å². The maximum Gasteiger partial charge on any atom is 0.320 e. The van der Waals surface area contributed by atoms with Gasteiger partial charge in [0.25, 0.3) is 0 Å². The largest absolute Gasteiger partial charge is 0.480 e. The molecule has 0 aliphatic carbocycles. The molecular formula is C6H13FeNO2. The second-order valence-electron chi connectivity index (χ2n) is 2.25. The smallest absolute Gasteiger partial charge is 0.320 e. The summed E-state index contributed by atoms with van der Waals surface area (Å²) in [4.78, 5) is 10.2. The molecule has 4 heteroatoms. The fourth-order valence-electron chi connectivity index (χ4n) is 0.497. The van der Waals surface area contributed by atoms with Crippen molar-refractivity contribution in [3.05, 3.63) is 0 Å². The number of rotatable bonds is 3. The van der Waals surface area contributed by atoms with Gasteiger partial charge in [-0.05, 0) is 5.92 Å². The first kappa shape index (κ1) is 12.6. The Hall–Kier alpha value is -0.0505. The Morgan fingerprint density at radius 3 is 2.20 bits per heavy atom. The van der Waals surface area contributed by atoms with Crippen molar-refractivity contribution in [3.8, 4) is 0 Å². The molecule has 0 rings (SSSR count). The Balaban J connectivity index is 0. The average molecular weight is 187 g/mol. The van der Waals surface area contributed by atoms with Crippen LogP contribution in [0.1, 0.15) is 20.3 Å². The zero-order valence-corrected chi connectivity index (χ0v) is 7.25. The first-order chi connectivity index (χ1) is 4.09. The molecule has 62 valence electrons. The molecule has 2 atom stereocenters. The van der Waals surface area contributed by atoms with Crippen LogP contribution >= 0.6 is 0 Å². The van der Waals surface area contributed by atoms with E-state index in [4.69, 9.17) is 10.8 Å². The van der Waals surface area contributed by atoms with E-state index in [1.165, 1.54) is 0 Å². The van der Waals surface area contributed by atoms with E-state index in [9.17, 15) is 4.79 Å². The first-order valence-electron chi connectivity index (χ1n) is 3.08. The molecule has 2 unspecified atom stereocenters. The van der Waals surface area contributed by atoms with Crippen molar-refractivity contribution in [1.82, 2.24) is 0 Å². The normalized spacial score (nSPS) is 15.1. The Morgan fingerprint density at radius 2 is 2.10 bits per heavy atom. The van der Waals surface area contributed by atoms with Crippen LogP contribution in [0, 0.1) is 5.92 Å². The molecule has 0 aromatic heterocycles. The van der Waals surface area contributed by atoms with E-state index < -0.39 is 12.0 Å². The molecular weight excluding hydrogens is 174 g/mol. The molecule has 3 N–H and O–H groups in total. The second kappa shape index (κ2) is 5.71. The number of nitrogens with two attached hydrogens (primary N) is 1. The molecule has 0 heterocycles. The third-order valence-electron chi connectivity index (χ3n) is 1.54. The number of hydrogen-bond donors (Lipinski definition) is 2. The Bertz CT molecular complexity index is 108. The molecule has 0 aliphatic rings. The van der Waals surface area contributed by atoms with Crippen LogP contribution in [0.15, 0.2) is 0 Å². The van der Waals surface area contributed by atoms with Crippen molar-refractivity contribution in [3.63, 3.8) is 0 Å². The van der Waals surface area contributed by atoms with Gasteiger partial charge in [0.1, 0.15) is 6.04 Å². The molecule has 10 heavy (non-hydrogen) atoms. The van der Waals surface area contributed by atoms with Crippen LogP contribution in [-0.4, -0.2) is 17.1 Å². The van der Waals surface area contributed by atoms with Gasteiger partial charge in [0.2, 0.25) is 0 Å². The average Bonchev–Trinajstić information content (AvgIpc) is 1.84. The summed E-state index contributed by atoms with van der Waals surface area (Å²) in [6.45, 7) is 3.76. The van der Waals surface area contributed by atoms with Gasteiger partial charge >= 0.3 is 5.97 Å². The van der Waals surface area contributed by atoms with E-state index in [0.29, 0.717) is 0 Å². The second-order valence-corrected chi connectivity index (χ2v) is 2.25. The predicted molar refractivity (Wildman–Crippen MR) is 35.1 cm³/mol. The van der Waals surface area contributed by atoms with Gasteiger partial charge in [-0.15, -0.1) is 0 Å². The van der Waals surface area contributed by atoms with E-state index in [-0.39, 0.29) is 23.0 Å². The molecule has 0 aromatic carbocycles. The molecule has 0 saturated carbocycles. The van der Waals surface area contributed by atoms with E-state index >= 15 is 0 Å². The fraction of sp³-hybridized carbons (Fsp3) is 0.833. The van der Waals surface area contributed by atoms with Gasteiger partial charge in [0.15, 0.2) is 0 Å². The summed E-state index contributed by atoms with van der Waals surface area (Å²) in [5, 5.41) is 8.36. The van der Waals surface area contributed by atoms with Crippen molar-refractivity contribution in [2.45, 2.75) is 26.3 Å². The Kier molecular flexibility index (Phi) is 7.20. The summed E-state index contributed by atoms with van der Waals surface area (Å²) in [6.07, 6.45) is 0.813. The molecule has 0 saturated heterocycles. The molecule has 0 radical (unpaired) electrons. The molecule has 0 bridgehead atoms. The third kappa shape index (κ3) is 3.88. The van der Waals surface area contributed by atoms with Gasteiger partial charge in [0.05, 0.1) is 0 Å². The van der Waals surface area contributed by atoms with Crippen molar-refractivity contribution >= 4 is 5.97 Å². The molecule has 0 amide bonds. The van der Waals surface area contributed by atoms with Crippen LogP contribution in [0.3, 0.4) is 0 Å². The molecule has 0 spiro atoms. The van der Waals surface area contributed by atoms with Crippen molar-refractivity contribution in [2.24, 2.45) is 11.7 Å².